The van der Waals surface area contributed by atoms with Crippen LogP contribution in [0.5, 0.6) is 0 Å². The molecule has 1 heterocycles. The van der Waals surface area contributed by atoms with E-state index < -0.39 is 12.0 Å². The third-order valence-corrected chi connectivity index (χ3v) is 4.20. The Kier molecular flexibility index (Phi) is 4.80. The van der Waals surface area contributed by atoms with Crippen molar-refractivity contribution >= 4 is 11.9 Å². The Morgan fingerprint density at radius 3 is 2.68 bits per heavy atom. The van der Waals surface area contributed by atoms with Crippen LogP contribution in [-0.4, -0.2) is 47.1 Å². The van der Waals surface area contributed by atoms with Gasteiger partial charge in [0.2, 0.25) is 5.91 Å². The molecule has 2 rings (SSSR count). The van der Waals surface area contributed by atoms with Crippen molar-refractivity contribution in [3.63, 3.8) is 0 Å². The average Bonchev–Trinajstić information content (AvgIpc) is 2.52. The standard InChI is InChI=1S/C14H24N2O3/c1-10-8-15-12(7-13(17)18)14(19)16(9-10)11-5-3-2-4-6-11/h10-12,15H,2-9H2,1H3,(H,17,18). The van der Waals surface area contributed by atoms with Gasteiger partial charge in [-0.15, -0.1) is 0 Å². The van der Waals surface area contributed by atoms with Gasteiger partial charge in [0.05, 0.1) is 12.5 Å². The molecule has 1 saturated heterocycles. The van der Waals surface area contributed by atoms with Crippen LogP contribution in [0.15, 0.2) is 0 Å². The van der Waals surface area contributed by atoms with Crippen molar-refractivity contribution in [1.82, 2.24) is 10.2 Å². The molecule has 5 heteroatoms. The highest BCUT2D eigenvalue weighted by atomic mass is 16.4. The Morgan fingerprint density at radius 2 is 2.05 bits per heavy atom. The predicted molar refractivity (Wildman–Crippen MR) is 71.8 cm³/mol. The van der Waals surface area contributed by atoms with Gasteiger partial charge >= 0.3 is 5.97 Å². The summed E-state index contributed by atoms with van der Waals surface area (Å²) in [6.07, 6.45) is 5.63. The lowest BCUT2D eigenvalue weighted by Crippen LogP contribution is -2.49. The van der Waals surface area contributed by atoms with Crippen molar-refractivity contribution in [2.24, 2.45) is 5.92 Å². The summed E-state index contributed by atoms with van der Waals surface area (Å²) in [5, 5.41) is 12.0. The molecule has 2 aliphatic rings. The summed E-state index contributed by atoms with van der Waals surface area (Å²) < 4.78 is 0. The maximum Gasteiger partial charge on any atom is 0.305 e. The molecule has 2 fully saturated rings. The van der Waals surface area contributed by atoms with E-state index in [0.717, 1.165) is 19.4 Å². The minimum absolute atomic E-state index is 0.0151. The summed E-state index contributed by atoms with van der Waals surface area (Å²) in [6.45, 7) is 3.58. The average molecular weight is 268 g/mol. The number of rotatable bonds is 3. The van der Waals surface area contributed by atoms with Crippen molar-refractivity contribution in [3.8, 4) is 0 Å². The first-order chi connectivity index (χ1) is 9.08. The van der Waals surface area contributed by atoms with Crippen LogP contribution in [-0.2, 0) is 9.59 Å². The Hall–Kier alpha value is -1.10. The second kappa shape index (κ2) is 6.37. The van der Waals surface area contributed by atoms with Crippen LogP contribution in [0.3, 0.4) is 0 Å². The summed E-state index contributed by atoms with van der Waals surface area (Å²) in [7, 11) is 0. The normalized spacial score (nSPS) is 30.2. The van der Waals surface area contributed by atoms with E-state index >= 15 is 0 Å². The second-order valence-electron chi connectivity index (χ2n) is 5.95. The molecule has 2 N–H and O–H groups in total. The number of nitrogens with one attached hydrogen (secondary N) is 1. The molecule has 0 aromatic heterocycles. The monoisotopic (exact) mass is 268 g/mol. The van der Waals surface area contributed by atoms with Gasteiger partial charge < -0.3 is 15.3 Å². The van der Waals surface area contributed by atoms with E-state index in [-0.39, 0.29) is 12.3 Å². The van der Waals surface area contributed by atoms with Crippen LogP contribution >= 0.6 is 0 Å². The minimum Gasteiger partial charge on any atom is -0.481 e. The van der Waals surface area contributed by atoms with E-state index in [0.29, 0.717) is 18.5 Å². The number of carboxylic acid groups (broad SMARTS) is 1. The van der Waals surface area contributed by atoms with E-state index in [9.17, 15) is 9.59 Å². The van der Waals surface area contributed by atoms with Gasteiger partial charge in [0.15, 0.2) is 0 Å². The van der Waals surface area contributed by atoms with E-state index in [4.69, 9.17) is 5.11 Å². The number of hydrogen-bond acceptors (Lipinski definition) is 3. The number of carbonyl (C=O) groups excluding carboxylic acids is 1. The molecule has 108 valence electrons. The molecule has 5 nitrogen and oxygen atoms in total. The topological polar surface area (TPSA) is 69.6 Å². The molecule has 1 amide bonds. The first-order valence-electron chi connectivity index (χ1n) is 7.33. The maximum atomic E-state index is 12.5. The molecule has 2 unspecified atom stereocenters. The Labute approximate surface area is 114 Å². The molecule has 0 aromatic rings. The van der Waals surface area contributed by atoms with E-state index in [2.05, 4.69) is 12.2 Å². The van der Waals surface area contributed by atoms with E-state index in [1.807, 2.05) is 4.90 Å². The van der Waals surface area contributed by atoms with Crippen LogP contribution in [0.1, 0.15) is 45.4 Å². The molecule has 2 atom stereocenters. The quantitative estimate of drug-likeness (QED) is 0.807. The van der Waals surface area contributed by atoms with Gasteiger partial charge in [-0.3, -0.25) is 9.59 Å². The van der Waals surface area contributed by atoms with Crippen LogP contribution in [0.4, 0.5) is 0 Å². The van der Waals surface area contributed by atoms with Gasteiger partial charge in [0.1, 0.15) is 0 Å². The van der Waals surface area contributed by atoms with Crippen LogP contribution in [0, 0.1) is 5.92 Å². The molecule has 0 radical (unpaired) electrons. The first kappa shape index (κ1) is 14.3. The molecule has 0 spiro atoms. The number of nitrogens with zero attached hydrogens (tertiary/aromatic N) is 1. The van der Waals surface area contributed by atoms with Crippen molar-refractivity contribution in [2.45, 2.75) is 57.5 Å². The van der Waals surface area contributed by atoms with Gasteiger partial charge in [-0.25, -0.2) is 0 Å². The fourth-order valence-electron chi connectivity index (χ4n) is 3.18. The van der Waals surface area contributed by atoms with E-state index in [1.54, 1.807) is 0 Å². The van der Waals surface area contributed by atoms with Gasteiger partial charge in [-0.2, -0.15) is 0 Å². The highest BCUT2D eigenvalue weighted by Crippen LogP contribution is 2.25. The fraction of sp³-hybridized carbons (Fsp3) is 0.857. The van der Waals surface area contributed by atoms with Gasteiger partial charge in [-0.05, 0) is 18.8 Å². The summed E-state index contributed by atoms with van der Waals surface area (Å²) in [5.41, 5.74) is 0. The number of aliphatic carboxylic acids is 1. The first-order valence-corrected chi connectivity index (χ1v) is 7.33. The smallest absolute Gasteiger partial charge is 0.305 e. The highest BCUT2D eigenvalue weighted by molar-refractivity contribution is 5.86. The fourth-order valence-corrected chi connectivity index (χ4v) is 3.18. The van der Waals surface area contributed by atoms with Crippen molar-refractivity contribution in [3.05, 3.63) is 0 Å². The second-order valence-corrected chi connectivity index (χ2v) is 5.95. The summed E-state index contributed by atoms with van der Waals surface area (Å²) >= 11 is 0. The van der Waals surface area contributed by atoms with Crippen LogP contribution in [0.2, 0.25) is 0 Å². The van der Waals surface area contributed by atoms with Crippen molar-refractivity contribution in [1.29, 1.82) is 0 Å². The van der Waals surface area contributed by atoms with Crippen LogP contribution < -0.4 is 5.32 Å². The molecule has 0 aromatic carbocycles. The third kappa shape index (κ3) is 3.69. The number of carboxylic acids is 1. The molecular weight excluding hydrogens is 244 g/mol. The Bertz CT molecular complexity index is 340. The zero-order valence-corrected chi connectivity index (χ0v) is 11.6. The zero-order valence-electron chi connectivity index (χ0n) is 11.6. The lowest BCUT2D eigenvalue weighted by Gasteiger charge is -2.35. The molecule has 1 aliphatic heterocycles. The number of carbonyl (C=O) groups is 2. The summed E-state index contributed by atoms with van der Waals surface area (Å²) in [6, 6.07) is -0.232. The lowest BCUT2D eigenvalue weighted by molar-refractivity contribution is -0.143. The summed E-state index contributed by atoms with van der Waals surface area (Å²) in [4.78, 5) is 25.4. The Morgan fingerprint density at radius 1 is 1.37 bits per heavy atom. The molecule has 19 heavy (non-hydrogen) atoms. The third-order valence-electron chi connectivity index (χ3n) is 4.20. The number of amides is 1. The van der Waals surface area contributed by atoms with Gasteiger partial charge in [-0.1, -0.05) is 26.2 Å². The van der Waals surface area contributed by atoms with Crippen molar-refractivity contribution in [2.75, 3.05) is 13.1 Å². The maximum absolute atomic E-state index is 12.5. The van der Waals surface area contributed by atoms with Gasteiger partial charge in [0.25, 0.3) is 0 Å². The number of hydrogen-bond donors (Lipinski definition) is 2. The van der Waals surface area contributed by atoms with Crippen molar-refractivity contribution < 1.29 is 14.7 Å². The van der Waals surface area contributed by atoms with Gasteiger partial charge in [0, 0.05) is 19.1 Å². The van der Waals surface area contributed by atoms with E-state index in [1.165, 1.54) is 19.3 Å². The largest absolute Gasteiger partial charge is 0.481 e. The minimum atomic E-state index is -0.913. The lowest BCUT2D eigenvalue weighted by atomic mass is 9.93. The predicted octanol–water partition coefficient (Wildman–Crippen LogP) is 1.23. The molecule has 1 saturated carbocycles. The SMILES string of the molecule is CC1CNC(CC(=O)O)C(=O)N(C2CCCCC2)C1. The zero-order chi connectivity index (χ0) is 13.8. The Balaban J connectivity index is 2.09. The summed E-state index contributed by atoms with van der Waals surface area (Å²) in [5.74, 6) is -0.549. The van der Waals surface area contributed by atoms with Crippen LogP contribution in [0.25, 0.3) is 0 Å². The highest BCUT2D eigenvalue weighted by Gasteiger charge is 2.34. The molecule has 0 bridgehead atoms. The molecule has 1 aliphatic carbocycles. The molecular formula is C14H24N2O3.